The van der Waals surface area contributed by atoms with Crippen molar-refractivity contribution < 1.29 is 9.13 Å². The van der Waals surface area contributed by atoms with Gasteiger partial charge in [-0.2, -0.15) is 0 Å². The Balaban J connectivity index is 2.11. The number of methoxy groups -OCH3 is 1. The van der Waals surface area contributed by atoms with Crippen LogP contribution in [0.1, 0.15) is 5.56 Å². The van der Waals surface area contributed by atoms with Crippen LogP contribution in [-0.4, -0.2) is 7.11 Å². The molecule has 0 unspecified atom stereocenters. The summed E-state index contributed by atoms with van der Waals surface area (Å²) < 4.78 is 18.8. The summed E-state index contributed by atoms with van der Waals surface area (Å²) in [6.07, 6.45) is 0. The van der Waals surface area contributed by atoms with Crippen LogP contribution in [0.25, 0.3) is 0 Å². The van der Waals surface area contributed by atoms with Gasteiger partial charge >= 0.3 is 0 Å². The van der Waals surface area contributed by atoms with Gasteiger partial charge in [-0.05, 0) is 24.3 Å². The Morgan fingerprint density at radius 2 is 2.00 bits per heavy atom. The molecule has 94 valence electrons. The lowest BCUT2D eigenvalue weighted by molar-refractivity contribution is 0.410. The molecule has 0 saturated carbocycles. The topological polar surface area (TPSA) is 21.3 Å². The second-order valence-corrected chi connectivity index (χ2v) is 4.23. The smallest absolute Gasteiger partial charge is 0.147 e. The molecule has 0 aliphatic carbocycles. The summed E-state index contributed by atoms with van der Waals surface area (Å²) in [5.41, 5.74) is 1.39. The molecule has 0 aromatic heterocycles. The van der Waals surface area contributed by atoms with Crippen molar-refractivity contribution in [3.05, 3.63) is 58.9 Å². The predicted octanol–water partition coefficient (Wildman–Crippen LogP) is 4.10. The van der Waals surface area contributed by atoms with Gasteiger partial charge in [-0.15, -0.1) is 0 Å². The first-order valence-electron chi connectivity index (χ1n) is 5.51. The van der Waals surface area contributed by atoms with E-state index in [0.717, 1.165) is 11.3 Å². The van der Waals surface area contributed by atoms with Crippen molar-refractivity contribution in [2.24, 2.45) is 0 Å². The quantitative estimate of drug-likeness (QED) is 0.899. The fraction of sp³-hybridized carbons (Fsp3) is 0.143. The third kappa shape index (κ3) is 2.93. The zero-order chi connectivity index (χ0) is 13.0. The van der Waals surface area contributed by atoms with Crippen molar-refractivity contribution in [1.29, 1.82) is 0 Å². The Labute approximate surface area is 110 Å². The van der Waals surface area contributed by atoms with E-state index >= 15 is 0 Å². The van der Waals surface area contributed by atoms with Crippen LogP contribution in [0.15, 0.2) is 42.5 Å². The summed E-state index contributed by atoms with van der Waals surface area (Å²) >= 11 is 5.69. The average molecular weight is 266 g/mol. The van der Waals surface area contributed by atoms with Crippen LogP contribution < -0.4 is 10.1 Å². The van der Waals surface area contributed by atoms with Crippen molar-refractivity contribution in [2.45, 2.75) is 6.54 Å². The van der Waals surface area contributed by atoms with E-state index < -0.39 is 0 Å². The van der Waals surface area contributed by atoms with Gasteiger partial charge in [0.2, 0.25) is 0 Å². The van der Waals surface area contributed by atoms with Crippen LogP contribution in [0.2, 0.25) is 5.02 Å². The fourth-order valence-electron chi connectivity index (χ4n) is 1.67. The summed E-state index contributed by atoms with van der Waals surface area (Å²) in [6, 6.07) is 12.2. The Morgan fingerprint density at radius 3 is 2.72 bits per heavy atom. The van der Waals surface area contributed by atoms with Crippen LogP contribution >= 0.6 is 11.6 Å². The Morgan fingerprint density at radius 1 is 1.22 bits per heavy atom. The predicted molar refractivity (Wildman–Crippen MR) is 71.7 cm³/mol. The first-order chi connectivity index (χ1) is 8.70. The summed E-state index contributed by atoms with van der Waals surface area (Å²) in [7, 11) is 1.61. The number of benzene rings is 2. The lowest BCUT2D eigenvalue weighted by Crippen LogP contribution is -2.03. The molecule has 0 spiro atoms. The van der Waals surface area contributed by atoms with Gasteiger partial charge in [-0.25, -0.2) is 4.39 Å². The number of hydrogen-bond donors (Lipinski definition) is 1. The largest absolute Gasteiger partial charge is 0.496 e. The van der Waals surface area contributed by atoms with Gasteiger partial charge in [0.15, 0.2) is 0 Å². The molecule has 0 fully saturated rings. The number of anilines is 1. The van der Waals surface area contributed by atoms with E-state index in [1.165, 1.54) is 6.07 Å². The van der Waals surface area contributed by atoms with Gasteiger partial charge in [0.05, 0.1) is 12.8 Å². The monoisotopic (exact) mass is 265 g/mol. The Kier molecular flexibility index (Phi) is 4.05. The lowest BCUT2D eigenvalue weighted by atomic mass is 10.2. The Hall–Kier alpha value is -1.74. The summed E-state index contributed by atoms with van der Waals surface area (Å²) in [5, 5.41) is 3.40. The van der Waals surface area contributed by atoms with Crippen LogP contribution in [0, 0.1) is 5.82 Å². The van der Waals surface area contributed by atoms with Gasteiger partial charge in [-0.3, -0.25) is 0 Å². The van der Waals surface area contributed by atoms with E-state index in [-0.39, 0.29) is 5.82 Å². The highest BCUT2D eigenvalue weighted by Crippen LogP contribution is 2.22. The van der Waals surface area contributed by atoms with Crippen molar-refractivity contribution in [2.75, 3.05) is 12.4 Å². The number of para-hydroxylation sites is 1. The molecule has 0 saturated heterocycles. The maximum atomic E-state index is 13.6. The van der Waals surface area contributed by atoms with Gasteiger partial charge in [-0.1, -0.05) is 29.8 Å². The highest BCUT2D eigenvalue weighted by Gasteiger charge is 2.05. The van der Waals surface area contributed by atoms with Crippen LogP contribution in [0.5, 0.6) is 5.75 Å². The van der Waals surface area contributed by atoms with E-state index in [4.69, 9.17) is 16.3 Å². The molecule has 18 heavy (non-hydrogen) atoms. The summed E-state index contributed by atoms with van der Waals surface area (Å²) in [5.74, 6) is 0.414. The highest BCUT2D eigenvalue weighted by atomic mass is 35.5. The molecule has 0 aliphatic rings. The molecule has 0 aliphatic heterocycles. The summed E-state index contributed by atoms with van der Waals surface area (Å²) in [6.45, 7) is 0.489. The third-order valence-electron chi connectivity index (χ3n) is 2.59. The zero-order valence-corrected chi connectivity index (χ0v) is 10.7. The van der Waals surface area contributed by atoms with E-state index in [1.54, 1.807) is 19.2 Å². The van der Waals surface area contributed by atoms with E-state index in [9.17, 15) is 4.39 Å². The van der Waals surface area contributed by atoms with E-state index in [2.05, 4.69) is 5.32 Å². The molecule has 0 bridgehead atoms. The molecule has 4 heteroatoms. The van der Waals surface area contributed by atoms with Gasteiger partial charge in [0.1, 0.15) is 11.6 Å². The molecular formula is C14H13ClFNO. The SMILES string of the molecule is COc1ccccc1CNc1ccc(Cl)cc1F. The second-order valence-electron chi connectivity index (χ2n) is 3.79. The van der Waals surface area contributed by atoms with Gasteiger partial charge < -0.3 is 10.1 Å². The molecule has 2 rings (SSSR count). The first-order valence-corrected chi connectivity index (χ1v) is 5.89. The Bertz CT molecular complexity index is 545. The first kappa shape index (κ1) is 12.7. The van der Waals surface area contributed by atoms with Gasteiger partial charge in [0.25, 0.3) is 0 Å². The molecule has 2 aromatic carbocycles. The second kappa shape index (κ2) is 5.74. The molecular weight excluding hydrogens is 253 g/mol. The van der Waals surface area contributed by atoms with Crippen LogP contribution in [-0.2, 0) is 6.54 Å². The minimum absolute atomic E-state index is 0.364. The lowest BCUT2D eigenvalue weighted by Gasteiger charge is -2.11. The van der Waals surface area contributed by atoms with Crippen molar-refractivity contribution in [1.82, 2.24) is 0 Å². The van der Waals surface area contributed by atoms with Crippen LogP contribution in [0.3, 0.4) is 0 Å². The minimum atomic E-state index is -0.364. The molecule has 1 N–H and O–H groups in total. The van der Waals surface area contributed by atoms with Gasteiger partial charge in [0, 0.05) is 17.1 Å². The van der Waals surface area contributed by atoms with Crippen molar-refractivity contribution >= 4 is 17.3 Å². The third-order valence-corrected chi connectivity index (χ3v) is 2.83. The number of halogens is 2. The summed E-state index contributed by atoms with van der Waals surface area (Å²) in [4.78, 5) is 0. The maximum absolute atomic E-state index is 13.6. The number of hydrogen-bond acceptors (Lipinski definition) is 2. The van der Waals surface area contributed by atoms with Crippen molar-refractivity contribution in [3.63, 3.8) is 0 Å². The standard InChI is InChI=1S/C14H13ClFNO/c1-18-14-5-3-2-4-10(14)9-17-13-7-6-11(15)8-12(13)16/h2-8,17H,9H2,1H3. The number of nitrogens with one attached hydrogen (secondary N) is 1. The molecule has 0 radical (unpaired) electrons. The fourth-order valence-corrected chi connectivity index (χ4v) is 1.83. The number of ether oxygens (including phenoxy) is 1. The molecule has 0 heterocycles. The molecule has 0 amide bonds. The molecule has 0 atom stereocenters. The average Bonchev–Trinajstić information content (AvgIpc) is 2.38. The zero-order valence-electron chi connectivity index (χ0n) is 9.91. The normalized spacial score (nSPS) is 10.2. The van der Waals surface area contributed by atoms with E-state index in [1.807, 2.05) is 24.3 Å². The highest BCUT2D eigenvalue weighted by molar-refractivity contribution is 6.30. The van der Waals surface area contributed by atoms with E-state index in [0.29, 0.717) is 17.3 Å². The number of rotatable bonds is 4. The minimum Gasteiger partial charge on any atom is -0.496 e. The molecule has 2 aromatic rings. The molecule has 2 nitrogen and oxygen atoms in total. The van der Waals surface area contributed by atoms with Crippen LogP contribution in [0.4, 0.5) is 10.1 Å². The van der Waals surface area contributed by atoms with Crippen molar-refractivity contribution in [3.8, 4) is 5.75 Å². The maximum Gasteiger partial charge on any atom is 0.147 e.